The fourth-order valence-electron chi connectivity index (χ4n) is 3.55. The number of sulfonamides is 1. The van der Waals surface area contributed by atoms with Crippen molar-refractivity contribution in [2.75, 3.05) is 6.54 Å². The molecule has 3 aromatic rings. The molecule has 0 aliphatic heterocycles. The Bertz CT molecular complexity index is 1300. The Morgan fingerprint density at radius 3 is 2.52 bits per heavy atom. The van der Waals surface area contributed by atoms with Crippen LogP contribution in [0.25, 0.3) is 10.9 Å². The maximum absolute atomic E-state index is 12.9. The molecule has 2 aromatic carbocycles. The zero-order valence-electron chi connectivity index (χ0n) is 18.2. The summed E-state index contributed by atoms with van der Waals surface area (Å²) in [5, 5.41) is 8.52. The van der Waals surface area contributed by atoms with E-state index in [1.165, 1.54) is 19.1 Å². The molecule has 9 heteroatoms. The van der Waals surface area contributed by atoms with Crippen LogP contribution in [0.1, 0.15) is 47.3 Å². The van der Waals surface area contributed by atoms with Gasteiger partial charge >= 0.3 is 5.97 Å². The first kappa shape index (κ1) is 22.9. The molecule has 1 atom stereocenters. The summed E-state index contributed by atoms with van der Waals surface area (Å²) < 4.78 is 28.1. The van der Waals surface area contributed by atoms with Crippen molar-refractivity contribution in [3.05, 3.63) is 71.4 Å². The van der Waals surface area contributed by atoms with Gasteiger partial charge in [0.1, 0.15) is 0 Å². The lowest BCUT2D eigenvalue weighted by molar-refractivity contribution is -0.129. The van der Waals surface area contributed by atoms with Crippen LogP contribution in [0.3, 0.4) is 0 Å². The summed E-state index contributed by atoms with van der Waals surface area (Å²) in [6, 6.07) is 15.3. The van der Waals surface area contributed by atoms with Crippen molar-refractivity contribution in [3.8, 4) is 0 Å². The zero-order valence-corrected chi connectivity index (χ0v) is 19.0. The minimum Gasteiger partial charge on any atom is -0.449 e. The van der Waals surface area contributed by atoms with Crippen molar-refractivity contribution in [2.45, 2.75) is 43.1 Å². The Kier molecular flexibility index (Phi) is 6.44. The van der Waals surface area contributed by atoms with Crippen LogP contribution in [-0.2, 0) is 26.0 Å². The highest BCUT2D eigenvalue weighted by Crippen LogP contribution is 2.40. The molecule has 0 bridgehead atoms. The summed E-state index contributed by atoms with van der Waals surface area (Å²) in [6.07, 6.45) is 1.63. The van der Waals surface area contributed by atoms with Crippen LogP contribution in [0.15, 0.2) is 59.5 Å². The quantitative estimate of drug-likeness (QED) is 0.490. The van der Waals surface area contributed by atoms with Gasteiger partial charge < -0.3 is 10.1 Å². The van der Waals surface area contributed by atoms with Crippen LogP contribution < -0.4 is 10.5 Å². The third-order valence-corrected chi connectivity index (χ3v) is 6.50. The van der Waals surface area contributed by atoms with Gasteiger partial charge in [0.25, 0.3) is 5.91 Å². The van der Waals surface area contributed by atoms with E-state index in [0.29, 0.717) is 29.8 Å². The maximum atomic E-state index is 12.9. The molecule has 1 amide bonds. The second kappa shape index (κ2) is 9.29. The minimum atomic E-state index is -3.74. The van der Waals surface area contributed by atoms with Crippen molar-refractivity contribution in [3.63, 3.8) is 0 Å². The van der Waals surface area contributed by atoms with Gasteiger partial charge in [0, 0.05) is 23.5 Å². The first-order valence-electron chi connectivity index (χ1n) is 10.7. The van der Waals surface area contributed by atoms with Gasteiger partial charge in [0.15, 0.2) is 6.10 Å². The Labute approximate surface area is 192 Å². The fourth-order valence-corrected chi connectivity index (χ4v) is 4.07. The van der Waals surface area contributed by atoms with Crippen LogP contribution in [0.5, 0.6) is 0 Å². The van der Waals surface area contributed by atoms with Gasteiger partial charge in [-0.15, -0.1) is 0 Å². The van der Waals surface area contributed by atoms with Gasteiger partial charge in [0.2, 0.25) is 10.0 Å². The third-order valence-electron chi connectivity index (χ3n) is 5.57. The first-order valence-corrected chi connectivity index (χ1v) is 12.3. The summed E-state index contributed by atoms with van der Waals surface area (Å²) in [5.41, 5.74) is 2.87. The number of carbonyl (C=O) groups is 2. The number of benzene rings is 2. The van der Waals surface area contributed by atoms with Gasteiger partial charge in [-0.3, -0.25) is 9.78 Å². The molecule has 1 fully saturated rings. The van der Waals surface area contributed by atoms with Crippen LogP contribution >= 0.6 is 0 Å². The van der Waals surface area contributed by atoms with Crippen LogP contribution in [0.4, 0.5) is 0 Å². The molecule has 4 rings (SSSR count). The molecule has 8 nitrogen and oxygen atoms in total. The molecule has 1 aliphatic rings. The smallest absolute Gasteiger partial charge is 0.339 e. The monoisotopic (exact) mass is 467 g/mol. The maximum Gasteiger partial charge on any atom is 0.339 e. The Hall–Kier alpha value is -3.30. The average molecular weight is 468 g/mol. The van der Waals surface area contributed by atoms with Gasteiger partial charge in [0.05, 0.1) is 16.0 Å². The third kappa shape index (κ3) is 5.55. The normalized spacial score (nSPS) is 14.6. The minimum absolute atomic E-state index is 0.0318. The predicted octanol–water partition coefficient (Wildman–Crippen LogP) is 2.66. The summed E-state index contributed by atoms with van der Waals surface area (Å²) in [4.78, 5) is 30.0. The summed E-state index contributed by atoms with van der Waals surface area (Å²) in [7, 11) is -3.74. The lowest BCUT2D eigenvalue weighted by Crippen LogP contribution is -2.37. The van der Waals surface area contributed by atoms with E-state index in [0.717, 1.165) is 29.6 Å². The highest BCUT2D eigenvalue weighted by molar-refractivity contribution is 7.89. The number of hydrogen-bond donors (Lipinski definition) is 2. The summed E-state index contributed by atoms with van der Waals surface area (Å²) in [5.74, 6) is -0.595. The highest BCUT2D eigenvalue weighted by atomic mass is 32.2. The second-order valence-electron chi connectivity index (χ2n) is 8.16. The van der Waals surface area contributed by atoms with E-state index < -0.39 is 28.0 Å². The van der Waals surface area contributed by atoms with E-state index in [9.17, 15) is 18.0 Å². The molecule has 172 valence electrons. The molecular weight excluding hydrogens is 442 g/mol. The Morgan fingerprint density at radius 1 is 1.15 bits per heavy atom. The molecule has 1 aliphatic carbocycles. The Morgan fingerprint density at radius 2 is 1.85 bits per heavy atom. The molecule has 1 unspecified atom stereocenters. The molecule has 1 saturated carbocycles. The number of rotatable bonds is 8. The SMILES string of the molecule is CC(OC(=O)c1cc(C2CC2)nc2ccccc12)C(=O)NCCc1ccc(S(N)(=O)=O)cc1. The molecule has 0 saturated heterocycles. The van der Waals surface area contributed by atoms with Crippen LogP contribution in [0, 0.1) is 0 Å². The van der Waals surface area contributed by atoms with Gasteiger partial charge in [-0.05, 0) is 56.0 Å². The lowest BCUT2D eigenvalue weighted by Gasteiger charge is -2.15. The average Bonchev–Trinajstić information content (AvgIpc) is 3.63. The number of esters is 1. The zero-order chi connectivity index (χ0) is 23.6. The number of nitrogens with one attached hydrogen (secondary N) is 1. The van der Waals surface area contributed by atoms with Crippen LogP contribution in [0.2, 0.25) is 0 Å². The van der Waals surface area contributed by atoms with E-state index in [4.69, 9.17) is 9.88 Å². The van der Waals surface area contributed by atoms with Gasteiger partial charge in [-0.25, -0.2) is 18.4 Å². The number of pyridine rings is 1. The number of fused-ring (bicyclic) bond motifs is 1. The van der Waals surface area contributed by atoms with Crippen molar-refractivity contribution < 1.29 is 22.7 Å². The van der Waals surface area contributed by atoms with Crippen molar-refractivity contribution in [1.29, 1.82) is 0 Å². The van der Waals surface area contributed by atoms with E-state index in [2.05, 4.69) is 10.3 Å². The number of aromatic nitrogens is 1. The molecule has 33 heavy (non-hydrogen) atoms. The van der Waals surface area contributed by atoms with E-state index in [1.54, 1.807) is 18.2 Å². The van der Waals surface area contributed by atoms with Crippen molar-refractivity contribution >= 4 is 32.8 Å². The van der Waals surface area contributed by atoms with E-state index in [-0.39, 0.29) is 4.90 Å². The fraction of sp³-hybridized carbons (Fsp3) is 0.292. The van der Waals surface area contributed by atoms with Crippen LogP contribution in [-0.4, -0.2) is 37.9 Å². The first-order chi connectivity index (χ1) is 15.7. The number of primary sulfonamides is 1. The standard InChI is InChI=1S/C24H25N3O5S/c1-15(23(28)26-13-12-16-6-10-18(11-7-16)33(25,30)31)32-24(29)20-14-22(17-8-9-17)27-21-5-3-2-4-19(20)21/h2-7,10-11,14-15,17H,8-9,12-13H2,1H3,(H,26,28)(H2,25,30,31). The highest BCUT2D eigenvalue weighted by Gasteiger charge is 2.28. The number of amides is 1. The Balaban J connectivity index is 1.36. The molecular formula is C24H25N3O5S. The second-order valence-corrected chi connectivity index (χ2v) is 9.73. The van der Waals surface area contributed by atoms with Crippen molar-refractivity contribution in [1.82, 2.24) is 10.3 Å². The topological polar surface area (TPSA) is 128 Å². The number of hydrogen-bond acceptors (Lipinski definition) is 6. The van der Waals surface area contributed by atoms with Gasteiger partial charge in [-0.2, -0.15) is 0 Å². The van der Waals surface area contributed by atoms with E-state index >= 15 is 0 Å². The number of nitrogens with zero attached hydrogens (tertiary/aromatic N) is 1. The van der Waals surface area contributed by atoms with E-state index in [1.807, 2.05) is 24.3 Å². The molecule has 0 spiro atoms. The predicted molar refractivity (Wildman–Crippen MR) is 123 cm³/mol. The van der Waals surface area contributed by atoms with Gasteiger partial charge in [-0.1, -0.05) is 30.3 Å². The summed E-state index contributed by atoms with van der Waals surface area (Å²) >= 11 is 0. The molecule has 1 heterocycles. The molecule has 3 N–H and O–H groups in total. The lowest BCUT2D eigenvalue weighted by atomic mass is 10.1. The molecule has 1 aromatic heterocycles. The number of ether oxygens (including phenoxy) is 1. The number of carbonyl (C=O) groups excluding carboxylic acids is 2. The molecule has 0 radical (unpaired) electrons. The number of para-hydroxylation sites is 1. The number of nitrogens with two attached hydrogens (primary N) is 1. The summed E-state index contributed by atoms with van der Waals surface area (Å²) in [6.45, 7) is 1.83. The van der Waals surface area contributed by atoms with Crippen molar-refractivity contribution in [2.24, 2.45) is 5.14 Å². The largest absolute Gasteiger partial charge is 0.449 e.